The van der Waals surface area contributed by atoms with Crippen LogP contribution in [0.15, 0.2) is 30.3 Å². The predicted octanol–water partition coefficient (Wildman–Crippen LogP) is 4.15. The van der Waals surface area contributed by atoms with E-state index in [2.05, 4.69) is 35.2 Å². The Bertz CT molecular complexity index is 393. The first kappa shape index (κ1) is 20.2. The molecule has 0 aromatic heterocycles. The van der Waals surface area contributed by atoms with Crippen LogP contribution in [-0.4, -0.2) is 30.5 Å². The van der Waals surface area contributed by atoms with Gasteiger partial charge in [-0.15, -0.1) is 24.8 Å². The molecule has 1 fully saturated rings. The molecule has 5 heteroatoms. The molecule has 1 aliphatic heterocycles. The normalized spacial score (nSPS) is 15.7. The minimum Gasteiger partial charge on any atom is -0.481 e. The Labute approximate surface area is 140 Å². The van der Waals surface area contributed by atoms with Gasteiger partial charge in [-0.2, -0.15) is 0 Å². The van der Waals surface area contributed by atoms with Crippen molar-refractivity contribution >= 4 is 30.7 Å². The maximum atomic E-state index is 7.72. The topological polar surface area (TPSA) is 36.3 Å². The van der Waals surface area contributed by atoms with Crippen LogP contribution in [0.1, 0.15) is 31.7 Å². The van der Waals surface area contributed by atoms with Gasteiger partial charge in [0.1, 0.15) is 0 Å². The highest BCUT2D eigenvalue weighted by Gasteiger charge is 2.20. The summed E-state index contributed by atoms with van der Waals surface area (Å²) in [5.74, 6) is 1.09. The van der Waals surface area contributed by atoms with Crippen LogP contribution in [0.4, 0.5) is 0 Å². The van der Waals surface area contributed by atoms with Crippen LogP contribution in [0.5, 0.6) is 0 Å². The van der Waals surface area contributed by atoms with E-state index in [0.717, 1.165) is 26.1 Å². The van der Waals surface area contributed by atoms with Gasteiger partial charge in [-0.3, -0.25) is 10.3 Å². The van der Waals surface area contributed by atoms with Crippen molar-refractivity contribution in [2.75, 3.05) is 19.7 Å². The molecule has 0 aliphatic carbocycles. The van der Waals surface area contributed by atoms with Crippen LogP contribution in [0, 0.1) is 11.3 Å². The molecule has 0 bridgehead atoms. The van der Waals surface area contributed by atoms with E-state index in [1.54, 1.807) is 0 Å². The largest absolute Gasteiger partial charge is 0.481 e. The van der Waals surface area contributed by atoms with Gasteiger partial charge in [0.2, 0.25) is 0 Å². The highest BCUT2D eigenvalue weighted by molar-refractivity contribution is 5.85. The summed E-state index contributed by atoms with van der Waals surface area (Å²) in [7, 11) is 0. The van der Waals surface area contributed by atoms with Gasteiger partial charge in [-0.05, 0) is 44.3 Å². The molecule has 1 N–H and O–H groups in total. The Morgan fingerprint density at radius 2 is 1.81 bits per heavy atom. The standard InChI is InChI=1S/C16H24N2O.2ClH/c1-2-19-16(17)12-14-8-10-18(11-9-14)13-15-6-4-3-5-7-15;;/h3-7,14,17H,2,8-13H2,1H3;2*1H. The smallest absolute Gasteiger partial charge is 0.180 e. The molecule has 1 aliphatic rings. The van der Waals surface area contributed by atoms with Crippen molar-refractivity contribution in [1.82, 2.24) is 4.90 Å². The second-order valence-corrected chi connectivity index (χ2v) is 5.27. The average Bonchev–Trinajstić information content (AvgIpc) is 2.42. The Kier molecular flexibility index (Phi) is 10.5. The number of piperidine rings is 1. The van der Waals surface area contributed by atoms with Crippen molar-refractivity contribution in [3.05, 3.63) is 35.9 Å². The molecule has 0 saturated carbocycles. The monoisotopic (exact) mass is 332 g/mol. The summed E-state index contributed by atoms with van der Waals surface area (Å²) < 4.78 is 5.24. The molecule has 0 amide bonds. The summed E-state index contributed by atoms with van der Waals surface area (Å²) in [4.78, 5) is 2.51. The van der Waals surface area contributed by atoms with Gasteiger partial charge in [0.25, 0.3) is 0 Å². The fourth-order valence-electron chi connectivity index (χ4n) is 2.69. The molecular weight excluding hydrogens is 307 g/mol. The van der Waals surface area contributed by atoms with Crippen molar-refractivity contribution in [3.63, 3.8) is 0 Å². The number of benzene rings is 1. The van der Waals surface area contributed by atoms with E-state index in [1.165, 1.54) is 18.4 Å². The summed E-state index contributed by atoms with van der Waals surface area (Å²) >= 11 is 0. The molecule has 0 unspecified atom stereocenters. The first-order valence-corrected chi connectivity index (χ1v) is 7.24. The summed E-state index contributed by atoms with van der Waals surface area (Å²) in [5, 5.41) is 7.72. The van der Waals surface area contributed by atoms with E-state index in [9.17, 15) is 0 Å². The van der Waals surface area contributed by atoms with E-state index in [-0.39, 0.29) is 24.8 Å². The molecule has 1 saturated heterocycles. The van der Waals surface area contributed by atoms with Gasteiger partial charge >= 0.3 is 0 Å². The van der Waals surface area contributed by atoms with Gasteiger partial charge in [0.15, 0.2) is 5.90 Å². The van der Waals surface area contributed by atoms with Crippen LogP contribution in [0.25, 0.3) is 0 Å². The zero-order valence-corrected chi connectivity index (χ0v) is 14.2. The Hall–Kier alpha value is -0.770. The molecule has 0 spiro atoms. The van der Waals surface area contributed by atoms with E-state index in [1.807, 2.05) is 6.92 Å². The maximum Gasteiger partial charge on any atom is 0.180 e. The van der Waals surface area contributed by atoms with Gasteiger partial charge in [0, 0.05) is 13.0 Å². The van der Waals surface area contributed by atoms with E-state index in [4.69, 9.17) is 10.1 Å². The molecule has 120 valence electrons. The molecule has 21 heavy (non-hydrogen) atoms. The molecule has 0 radical (unpaired) electrons. The number of rotatable bonds is 5. The zero-order valence-electron chi connectivity index (χ0n) is 12.6. The third-order valence-corrected chi connectivity index (χ3v) is 3.75. The lowest BCUT2D eigenvalue weighted by molar-refractivity contribution is 0.175. The minimum atomic E-state index is 0. The third kappa shape index (κ3) is 7.16. The van der Waals surface area contributed by atoms with Gasteiger partial charge in [-0.25, -0.2) is 0 Å². The van der Waals surface area contributed by atoms with Crippen molar-refractivity contribution in [1.29, 1.82) is 5.41 Å². The SMILES string of the molecule is CCOC(=N)CC1CCN(Cc2ccccc2)CC1.Cl.Cl. The molecule has 1 aromatic rings. The second kappa shape index (κ2) is 10.9. The summed E-state index contributed by atoms with van der Waals surface area (Å²) in [6, 6.07) is 10.7. The Morgan fingerprint density at radius 3 is 2.38 bits per heavy atom. The summed E-state index contributed by atoms with van der Waals surface area (Å²) in [6.07, 6.45) is 3.18. The van der Waals surface area contributed by atoms with Crippen molar-refractivity contribution in [3.8, 4) is 0 Å². The van der Waals surface area contributed by atoms with E-state index >= 15 is 0 Å². The number of hydrogen-bond acceptors (Lipinski definition) is 3. The number of likely N-dealkylation sites (tertiary alicyclic amines) is 1. The molecule has 1 aromatic carbocycles. The number of hydrogen-bond donors (Lipinski definition) is 1. The van der Waals surface area contributed by atoms with Crippen molar-refractivity contribution in [2.24, 2.45) is 5.92 Å². The van der Waals surface area contributed by atoms with E-state index < -0.39 is 0 Å². The number of halogens is 2. The lowest BCUT2D eigenvalue weighted by Gasteiger charge is -2.31. The van der Waals surface area contributed by atoms with Crippen LogP contribution < -0.4 is 0 Å². The number of ether oxygens (including phenoxy) is 1. The van der Waals surface area contributed by atoms with Gasteiger partial charge in [-0.1, -0.05) is 30.3 Å². The van der Waals surface area contributed by atoms with Crippen LogP contribution >= 0.6 is 24.8 Å². The molecular formula is C16H26Cl2N2O. The predicted molar refractivity (Wildman–Crippen MR) is 92.9 cm³/mol. The lowest BCUT2D eigenvalue weighted by Crippen LogP contribution is -2.34. The van der Waals surface area contributed by atoms with Crippen LogP contribution in [-0.2, 0) is 11.3 Å². The average molecular weight is 333 g/mol. The third-order valence-electron chi connectivity index (χ3n) is 3.75. The quantitative estimate of drug-likeness (QED) is 0.649. The number of nitrogens with zero attached hydrogens (tertiary/aromatic N) is 1. The Morgan fingerprint density at radius 1 is 1.19 bits per heavy atom. The highest BCUT2D eigenvalue weighted by Crippen LogP contribution is 2.22. The maximum absolute atomic E-state index is 7.72. The first-order chi connectivity index (χ1) is 9.28. The molecule has 1 heterocycles. The second-order valence-electron chi connectivity index (χ2n) is 5.27. The highest BCUT2D eigenvalue weighted by atomic mass is 35.5. The lowest BCUT2D eigenvalue weighted by atomic mass is 9.93. The van der Waals surface area contributed by atoms with Crippen LogP contribution in [0.3, 0.4) is 0 Å². The molecule has 0 atom stereocenters. The van der Waals surface area contributed by atoms with Gasteiger partial charge in [0.05, 0.1) is 6.61 Å². The minimum absolute atomic E-state index is 0. The first-order valence-electron chi connectivity index (χ1n) is 7.24. The van der Waals surface area contributed by atoms with Crippen molar-refractivity contribution < 1.29 is 4.74 Å². The molecule has 3 nitrogen and oxygen atoms in total. The van der Waals surface area contributed by atoms with E-state index in [0.29, 0.717) is 18.4 Å². The summed E-state index contributed by atoms with van der Waals surface area (Å²) in [6.45, 7) is 5.89. The van der Waals surface area contributed by atoms with Crippen molar-refractivity contribution in [2.45, 2.75) is 32.7 Å². The fourth-order valence-corrected chi connectivity index (χ4v) is 2.69. The summed E-state index contributed by atoms with van der Waals surface area (Å²) in [5.41, 5.74) is 1.39. The van der Waals surface area contributed by atoms with Crippen LogP contribution in [0.2, 0.25) is 0 Å². The van der Waals surface area contributed by atoms with Gasteiger partial charge < -0.3 is 4.74 Å². The number of nitrogens with one attached hydrogen (secondary N) is 1. The molecule has 2 rings (SSSR count). The zero-order chi connectivity index (χ0) is 13.5. The Balaban J connectivity index is 0.00000200. The fraction of sp³-hybridized carbons (Fsp3) is 0.562.